The summed E-state index contributed by atoms with van der Waals surface area (Å²) in [6, 6.07) is 9.61. The lowest BCUT2D eigenvalue weighted by Crippen LogP contribution is -2.59. The summed E-state index contributed by atoms with van der Waals surface area (Å²) in [6.07, 6.45) is 8.09. The van der Waals surface area contributed by atoms with Crippen LogP contribution >= 0.6 is 0 Å². The maximum atomic E-state index is 12.6. The van der Waals surface area contributed by atoms with Crippen LogP contribution in [0.15, 0.2) is 24.3 Å². The van der Waals surface area contributed by atoms with E-state index >= 15 is 0 Å². The highest BCUT2D eigenvalue weighted by Crippen LogP contribution is 2.55. The third kappa shape index (κ3) is 2.41. The topological polar surface area (TPSA) is 52.9 Å². The van der Waals surface area contributed by atoms with E-state index in [1.807, 2.05) is 24.3 Å². The molecule has 4 saturated carbocycles. The minimum Gasteiger partial charge on any atom is -0.347 e. The van der Waals surface area contributed by atoms with Crippen LogP contribution in [0.5, 0.6) is 0 Å². The smallest absolute Gasteiger partial charge is 0.251 e. The Labute approximate surface area is 131 Å². The van der Waals surface area contributed by atoms with Gasteiger partial charge in [0, 0.05) is 11.1 Å². The molecule has 0 unspecified atom stereocenters. The van der Waals surface area contributed by atoms with Crippen LogP contribution in [-0.2, 0) is 6.42 Å². The van der Waals surface area contributed by atoms with Crippen LogP contribution in [0.25, 0.3) is 0 Å². The Balaban J connectivity index is 1.49. The van der Waals surface area contributed by atoms with Crippen molar-refractivity contribution in [1.29, 1.82) is 5.26 Å². The number of hydrogen-bond donors (Lipinski definition) is 1. The van der Waals surface area contributed by atoms with Gasteiger partial charge in [0.2, 0.25) is 0 Å². The molecule has 0 atom stereocenters. The molecule has 1 aromatic carbocycles. The second-order valence-electron chi connectivity index (χ2n) is 7.68. The van der Waals surface area contributed by atoms with Crippen LogP contribution in [0.4, 0.5) is 0 Å². The predicted molar refractivity (Wildman–Crippen MR) is 84.1 cm³/mol. The summed E-state index contributed by atoms with van der Waals surface area (Å²) in [6.45, 7) is 0. The van der Waals surface area contributed by atoms with Gasteiger partial charge in [0.25, 0.3) is 5.91 Å². The second-order valence-corrected chi connectivity index (χ2v) is 7.68. The molecule has 22 heavy (non-hydrogen) atoms. The Bertz CT molecular complexity index is 591. The fourth-order valence-electron chi connectivity index (χ4n) is 5.44. The Morgan fingerprint density at radius 3 is 2.14 bits per heavy atom. The van der Waals surface area contributed by atoms with Crippen molar-refractivity contribution in [3.63, 3.8) is 0 Å². The first-order valence-corrected chi connectivity index (χ1v) is 8.44. The van der Waals surface area contributed by atoms with Gasteiger partial charge in [-0.2, -0.15) is 5.26 Å². The van der Waals surface area contributed by atoms with Crippen molar-refractivity contribution >= 4 is 5.91 Å². The van der Waals surface area contributed by atoms with Crippen molar-refractivity contribution in [3.05, 3.63) is 35.4 Å². The summed E-state index contributed by atoms with van der Waals surface area (Å²) in [5.41, 5.74) is 1.75. The van der Waals surface area contributed by atoms with E-state index in [9.17, 15) is 4.79 Å². The van der Waals surface area contributed by atoms with Gasteiger partial charge < -0.3 is 5.32 Å². The number of amides is 1. The summed E-state index contributed by atoms with van der Waals surface area (Å²) in [5, 5.41) is 12.1. The molecule has 1 aromatic rings. The van der Waals surface area contributed by atoms with Crippen LogP contribution < -0.4 is 5.32 Å². The maximum absolute atomic E-state index is 12.6. The van der Waals surface area contributed by atoms with Crippen molar-refractivity contribution in [2.24, 2.45) is 17.8 Å². The van der Waals surface area contributed by atoms with E-state index in [0.29, 0.717) is 6.42 Å². The van der Waals surface area contributed by atoms with E-state index in [4.69, 9.17) is 5.26 Å². The molecule has 0 radical (unpaired) electrons. The molecule has 0 aromatic heterocycles. The van der Waals surface area contributed by atoms with E-state index in [2.05, 4.69) is 11.4 Å². The first kappa shape index (κ1) is 13.8. The highest BCUT2D eigenvalue weighted by atomic mass is 16.1. The molecule has 0 spiro atoms. The molecule has 1 N–H and O–H groups in total. The minimum atomic E-state index is 0.0606. The number of carbonyl (C=O) groups excluding carboxylic acids is 1. The number of nitriles is 1. The van der Waals surface area contributed by atoms with Gasteiger partial charge in [-0.15, -0.1) is 0 Å². The molecule has 0 aliphatic heterocycles. The van der Waals surface area contributed by atoms with Crippen LogP contribution in [0, 0.1) is 29.1 Å². The zero-order valence-electron chi connectivity index (χ0n) is 12.8. The Morgan fingerprint density at radius 1 is 1.09 bits per heavy atom. The van der Waals surface area contributed by atoms with Gasteiger partial charge >= 0.3 is 0 Å². The van der Waals surface area contributed by atoms with Crippen LogP contribution in [-0.4, -0.2) is 11.4 Å². The highest BCUT2D eigenvalue weighted by Gasteiger charge is 2.51. The lowest BCUT2D eigenvalue weighted by molar-refractivity contribution is -0.0167. The molecule has 3 heteroatoms. The van der Waals surface area contributed by atoms with E-state index in [0.717, 1.165) is 28.9 Å². The van der Waals surface area contributed by atoms with Crippen molar-refractivity contribution in [1.82, 2.24) is 5.32 Å². The lowest BCUT2D eigenvalue weighted by Gasteiger charge is -2.56. The number of nitrogens with zero attached hydrogens (tertiary/aromatic N) is 1. The van der Waals surface area contributed by atoms with Gasteiger partial charge in [-0.1, -0.05) is 12.1 Å². The van der Waals surface area contributed by atoms with Crippen molar-refractivity contribution < 1.29 is 4.79 Å². The SMILES string of the molecule is N#CCc1ccc(C(=O)NC23CC4CC(CC(C4)C2)C3)cc1. The maximum Gasteiger partial charge on any atom is 0.251 e. The Hall–Kier alpha value is -1.82. The number of carbonyl (C=O) groups is 1. The van der Waals surface area contributed by atoms with Crippen molar-refractivity contribution in [3.8, 4) is 6.07 Å². The molecule has 114 valence electrons. The average Bonchev–Trinajstić information content (AvgIpc) is 2.46. The second kappa shape index (κ2) is 5.12. The van der Waals surface area contributed by atoms with Gasteiger partial charge in [-0.25, -0.2) is 0 Å². The standard InChI is InChI=1S/C19H22N2O/c20-6-5-13-1-3-17(4-2-13)18(22)21-19-10-14-7-15(11-19)9-16(8-14)12-19/h1-4,14-16H,5,7-12H2,(H,21,22). The monoisotopic (exact) mass is 294 g/mol. The molecule has 0 saturated heterocycles. The number of rotatable bonds is 3. The molecule has 0 heterocycles. The normalized spacial score (nSPS) is 35.1. The fourth-order valence-corrected chi connectivity index (χ4v) is 5.44. The number of benzene rings is 1. The van der Waals surface area contributed by atoms with Gasteiger partial charge in [-0.3, -0.25) is 4.79 Å². The summed E-state index contributed by atoms with van der Waals surface area (Å²) >= 11 is 0. The third-order valence-corrected chi connectivity index (χ3v) is 5.92. The fraction of sp³-hybridized carbons (Fsp3) is 0.579. The van der Waals surface area contributed by atoms with Crippen LogP contribution in [0.3, 0.4) is 0 Å². The number of nitrogens with one attached hydrogen (secondary N) is 1. The van der Waals surface area contributed by atoms with E-state index < -0.39 is 0 Å². The van der Waals surface area contributed by atoms with E-state index in [-0.39, 0.29) is 11.4 Å². The largest absolute Gasteiger partial charge is 0.347 e. The number of hydrogen-bond acceptors (Lipinski definition) is 2. The molecule has 4 aliphatic carbocycles. The molecule has 4 aliphatic rings. The zero-order valence-corrected chi connectivity index (χ0v) is 12.8. The summed E-state index contributed by atoms with van der Waals surface area (Å²) in [4.78, 5) is 12.6. The third-order valence-electron chi connectivity index (χ3n) is 5.92. The minimum absolute atomic E-state index is 0.0606. The average molecular weight is 294 g/mol. The van der Waals surface area contributed by atoms with Gasteiger partial charge in [0.15, 0.2) is 0 Å². The van der Waals surface area contributed by atoms with E-state index in [1.54, 1.807) is 0 Å². The Morgan fingerprint density at radius 2 is 1.64 bits per heavy atom. The van der Waals surface area contributed by atoms with Crippen LogP contribution in [0.1, 0.15) is 54.4 Å². The summed E-state index contributed by atoms with van der Waals surface area (Å²) < 4.78 is 0. The predicted octanol–water partition coefficient (Wildman–Crippen LogP) is 3.45. The van der Waals surface area contributed by atoms with Gasteiger partial charge in [0.05, 0.1) is 12.5 Å². The first-order valence-electron chi connectivity index (χ1n) is 8.44. The lowest BCUT2D eigenvalue weighted by atomic mass is 9.53. The molecule has 3 nitrogen and oxygen atoms in total. The summed E-state index contributed by atoms with van der Waals surface area (Å²) in [7, 11) is 0. The van der Waals surface area contributed by atoms with Gasteiger partial charge in [0.1, 0.15) is 0 Å². The summed E-state index contributed by atoms with van der Waals surface area (Å²) in [5.74, 6) is 2.57. The zero-order chi connectivity index (χ0) is 15.2. The molecule has 1 amide bonds. The Kier molecular flexibility index (Phi) is 3.22. The molecule has 5 rings (SSSR count). The molecular formula is C19H22N2O. The van der Waals surface area contributed by atoms with Crippen molar-refractivity contribution in [2.45, 2.75) is 50.5 Å². The van der Waals surface area contributed by atoms with Crippen LogP contribution in [0.2, 0.25) is 0 Å². The first-order chi connectivity index (χ1) is 10.7. The highest BCUT2D eigenvalue weighted by molar-refractivity contribution is 5.94. The van der Waals surface area contributed by atoms with Gasteiger partial charge in [-0.05, 0) is 74.0 Å². The van der Waals surface area contributed by atoms with E-state index in [1.165, 1.54) is 38.5 Å². The quantitative estimate of drug-likeness (QED) is 0.928. The molecule has 4 bridgehead atoms. The van der Waals surface area contributed by atoms with Crippen molar-refractivity contribution in [2.75, 3.05) is 0 Å². The molecule has 4 fully saturated rings. The molecular weight excluding hydrogens is 272 g/mol.